The molecule has 1 saturated heterocycles. The van der Waals surface area contributed by atoms with E-state index in [0.717, 1.165) is 25.9 Å². The molecule has 0 bridgehead atoms. The van der Waals surface area contributed by atoms with E-state index in [4.69, 9.17) is 4.74 Å². The van der Waals surface area contributed by atoms with Crippen LogP contribution in [0.2, 0.25) is 0 Å². The van der Waals surface area contributed by atoms with Crippen LogP contribution in [0, 0.1) is 5.41 Å². The van der Waals surface area contributed by atoms with Gasteiger partial charge in [-0.2, -0.15) is 0 Å². The Bertz CT molecular complexity index is 150. The number of aliphatic hydroxyl groups is 1. The third-order valence-corrected chi connectivity index (χ3v) is 4.09. The Kier molecular flexibility index (Phi) is 5.62. The summed E-state index contributed by atoms with van der Waals surface area (Å²) in [6.45, 7) is 5.67. The molecule has 1 fully saturated rings. The molecule has 0 spiro atoms. The summed E-state index contributed by atoms with van der Waals surface area (Å²) >= 11 is 0. The molecule has 1 N–H and O–H groups in total. The van der Waals surface area contributed by atoms with Gasteiger partial charge in [0.1, 0.15) is 0 Å². The van der Waals surface area contributed by atoms with Crippen LogP contribution in [0.4, 0.5) is 0 Å². The van der Waals surface area contributed by atoms with Crippen LogP contribution in [0.5, 0.6) is 0 Å². The first-order valence-electron chi connectivity index (χ1n) is 6.49. The summed E-state index contributed by atoms with van der Waals surface area (Å²) in [5.41, 5.74) is 0.179. The number of hydrogen-bond acceptors (Lipinski definition) is 2. The fraction of sp³-hybridized carbons (Fsp3) is 1.00. The zero-order chi connectivity index (χ0) is 11.1. The fourth-order valence-corrected chi connectivity index (χ4v) is 2.48. The van der Waals surface area contributed by atoms with Gasteiger partial charge >= 0.3 is 0 Å². The van der Waals surface area contributed by atoms with Crippen molar-refractivity contribution in [2.75, 3.05) is 13.2 Å². The van der Waals surface area contributed by atoms with Crippen LogP contribution >= 0.6 is 0 Å². The second-order valence-corrected chi connectivity index (χ2v) is 4.89. The molecule has 1 unspecified atom stereocenters. The number of aliphatic hydroxyl groups excluding tert-OH is 1. The Morgan fingerprint density at radius 3 is 2.53 bits per heavy atom. The van der Waals surface area contributed by atoms with Gasteiger partial charge in [-0.1, -0.05) is 20.3 Å². The molecule has 1 heterocycles. The molecule has 1 atom stereocenters. The molecule has 0 aromatic heterocycles. The van der Waals surface area contributed by atoms with Gasteiger partial charge in [0, 0.05) is 13.2 Å². The normalized spacial score (nSPS) is 22.2. The van der Waals surface area contributed by atoms with Crippen molar-refractivity contribution < 1.29 is 9.84 Å². The third kappa shape index (κ3) is 3.76. The summed E-state index contributed by atoms with van der Waals surface area (Å²) in [7, 11) is 0. The number of rotatable bonds is 7. The highest BCUT2D eigenvalue weighted by Gasteiger charge is 2.25. The van der Waals surface area contributed by atoms with Gasteiger partial charge in [-0.05, 0) is 43.9 Å². The zero-order valence-electron chi connectivity index (χ0n) is 10.3. The van der Waals surface area contributed by atoms with E-state index in [1.807, 2.05) is 0 Å². The van der Waals surface area contributed by atoms with Crippen LogP contribution in [-0.4, -0.2) is 24.4 Å². The lowest BCUT2D eigenvalue weighted by molar-refractivity contribution is 0.0788. The van der Waals surface area contributed by atoms with Gasteiger partial charge in [-0.3, -0.25) is 0 Å². The van der Waals surface area contributed by atoms with E-state index >= 15 is 0 Å². The first-order valence-corrected chi connectivity index (χ1v) is 6.49. The minimum Gasteiger partial charge on any atom is -0.396 e. The lowest BCUT2D eigenvalue weighted by Crippen LogP contribution is -2.24. The largest absolute Gasteiger partial charge is 0.396 e. The SMILES string of the molecule is CCC(CC)(CO)CCCC1CCCO1. The molecular weight excluding hydrogens is 188 g/mol. The van der Waals surface area contributed by atoms with Crippen molar-refractivity contribution in [1.29, 1.82) is 0 Å². The monoisotopic (exact) mass is 214 g/mol. The van der Waals surface area contributed by atoms with Crippen molar-refractivity contribution in [2.45, 2.75) is 64.9 Å². The summed E-state index contributed by atoms with van der Waals surface area (Å²) < 4.78 is 5.61. The van der Waals surface area contributed by atoms with Gasteiger partial charge in [0.25, 0.3) is 0 Å². The summed E-state index contributed by atoms with van der Waals surface area (Å²) in [5.74, 6) is 0. The molecule has 0 radical (unpaired) electrons. The predicted octanol–water partition coefficient (Wildman–Crippen LogP) is 3.13. The minimum atomic E-state index is 0.179. The maximum absolute atomic E-state index is 9.44. The van der Waals surface area contributed by atoms with E-state index in [2.05, 4.69) is 13.8 Å². The van der Waals surface area contributed by atoms with Crippen molar-refractivity contribution in [2.24, 2.45) is 5.41 Å². The second-order valence-electron chi connectivity index (χ2n) is 4.89. The van der Waals surface area contributed by atoms with Gasteiger partial charge in [-0.15, -0.1) is 0 Å². The van der Waals surface area contributed by atoms with E-state index in [1.165, 1.54) is 25.7 Å². The van der Waals surface area contributed by atoms with Crippen LogP contribution in [0.15, 0.2) is 0 Å². The molecule has 1 aliphatic heterocycles. The van der Waals surface area contributed by atoms with E-state index in [1.54, 1.807) is 0 Å². The second kappa shape index (κ2) is 6.49. The Hall–Kier alpha value is -0.0800. The van der Waals surface area contributed by atoms with Crippen molar-refractivity contribution in [3.63, 3.8) is 0 Å². The Morgan fingerprint density at radius 1 is 1.33 bits per heavy atom. The van der Waals surface area contributed by atoms with Crippen molar-refractivity contribution >= 4 is 0 Å². The van der Waals surface area contributed by atoms with Crippen molar-refractivity contribution in [3.8, 4) is 0 Å². The van der Waals surface area contributed by atoms with E-state index in [-0.39, 0.29) is 5.41 Å². The zero-order valence-corrected chi connectivity index (χ0v) is 10.3. The van der Waals surface area contributed by atoms with Crippen LogP contribution in [0.3, 0.4) is 0 Å². The molecule has 90 valence electrons. The Labute approximate surface area is 94.0 Å². The molecule has 2 heteroatoms. The lowest BCUT2D eigenvalue weighted by atomic mass is 9.78. The van der Waals surface area contributed by atoms with Gasteiger partial charge in [0.2, 0.25) is 0 Å². The number of hydrogen-bond donors (Lipinski definition) is 1. The van der Waals surface area contributed by atoms with Gasteiger partial charge < -0.3 is 9.84 Å². The molecule has 0 aromatic carbocycles. The minimum absolute atomic E-state index is 0.179. The first kappa shape index (κ1) is 13.0. The Balaban J connectivity index is 2.21. The lowest BCUT2D eigenvalue weighted by Gasteiger charge is -2.29. The highest BCUT2D eigenvalue weighted by molar-refractivity contribution is 4.76. The van der Waals surface area contributed by atoms with E-state index in [0.29, 0.717) is 12.7 Å². The summed E-state index contributed by atoms with van der Waals surface area (Å²) in [6, 6.07) is 0. The molecule has 15 heavy (non-hydrogen) atoms. The molecule has 2 nitrogen and oxygen atoms in total. The smallest absolute Gasteiger partial charge is 0.0576 e. The molecule has 1 aliphatic rings. The van der Waals surface area contributed by atoms with Gasteiger partial charge in [-0.25, -0.2) is 0 Å². The molecule has 0 saturated carbocycles. The highest BCUT2D eigenvalue weighted by Crippen LogP contribution is 2.32. The average molecular weight is 214 g/mol. The predicted molar refractivity (Wildman–Crippen MR) is 62.9 cm³/mol. The van der Waals surface area contributed by atoms with Crippen LogP contribution in [0.1, 0.15) is 58.8 Å². The molecule has 1 rings (SSSR count). The third-order valence-electron chi connectivity index (χ3n) is 4.09. The maximum atomic E-state index is 9.44. The van der Waals surface area contributed by atoms with Crippen LogP contribution < -0.4 is 0 Å². The maximum Gasteiger partial charge on any atom is 0.0576 e. The standard InChI is InChI=1S/C13H26O2/c1-3-13(4-2,11-14)9-5-7-12-8-6-10-15-12/h12,14H,3-11H2,1-2H3. The van der Waals surface area contributed by atoms with Crippen LogP contribution in [0.25, 0.3) is 0 Å². The van der Waals surface area contributed by atoms with Crippen LogP contribution in [-0.2, 0) is 4.74 Å². The molecule has 0 aliphatic carbocycles. The Morgan fingerprint density at radius 2 is 2.07 bits per heavy atom. The summed E-state index contributed by atoms with van der Waals surface area (Å²) in [5, 5.41) is 9.44. The average Bonchev–Trinajstić information content (AvgIpc) is 2.78. The summed E-state index contributed by atoms with van der Waals surface area (Å²) in [6.07, 6.45) is 8.69. The van der Waals surface area contributed by atoms with E-state index in [9.17, 15) is 5.11 Å². The van der Waals surface area contributed by atoms with Gasteiger partial charge in [0.15, 0.2) is 0 Å². The summed E-state index contributed by atoms with van der Waals surface area (Å²) in [4.78, 5) is 0. The molecule has 0 aromatic rings. The molecular formula is C13H26O2. The van der Waals surface area contributed by atoms with Gasteiger partial charge in [0.05, 0.1) is 6.10 Å². The topological polar surface area (TPSA) is 29.5 Å². The van der Waals surface area contributed by atoms with Crippen molar-refractivity contribution in [1.82, 2.24) is 0 Å². The fourth-order valence-electron chi connectivity index (χ4n) is 2.48. The molecule has 0 amide bonds. The highest BCUT2D eigenvalue weighted by atomic mass is 16.5. The van der Waals surface area contributed by atoms with E-state index < -0.39 is 0 Å². The quantitative estimate of drug-likeness (QED) is 0.705. The van der Waals surface area contributed by atoms with Crippen molar-refractivity contribution in [3.05, 3.63) is 0 Å². The number of ether oxygens (including phenoxy) is 1. The first-order chi connectivity index (χ1) is 7.26.